The number of anilines is 1. The molecule has 2 fully saturated rings. The fourth-order valence-corrected chi connectivity index (χ4v) is 4.59. The van der Waals surface area contributed by atoms with Crippen LogP contribution in [-0.2, 0) is 0 Å². The van der Waals surface area contributed by atoms with Gasteiger partial charge in [-0.25, -0.2) is 9.97 Å². The molecule has 1 saturated heterocycles. The van der Waals surface area contributed by atoms with Crippen molar-refractivity contribution in [2.45, 2.75) is 44.6 Å². The molecule has 0 bridgehead atoms. The third-order valence-electron chi connectivity index (χ3n) is 5.89. The lowest BCUT2D eigenvalue weighted by atomic mass is 9.61. The highest BCUT2D eigenvalue weighted by Crippen LogP contribution is 2.52. The van der Waals surface area contributed by atoms with Crippen LogP contribution in [0.4, 0.5) is 5.82 Å². The van der Waals surface area contributed by atoms with E-state index in [1.807, 2.05) is 0 Å². The molecule has 4 nitrogen and oxygen atoms in total. The summed E-state index contributed by atoms with van der Waals surface area (Å²) in [6.07, 6.45) is 5.65. The molecule has 1 aromatic heterocycles. The average Bonchev–Trinajstić information content (AvgIpc) is 2.48. The summed E-state index contributed by atoms with van der Waals surface area (Å²) in [7, 11) is 4.35. The standard InChI is InChI=1S/C20H28N4/c1-14(2)16-5-6-18-17(9-16)19(22-13-21-18)24-8-7-20(24)10-15(11-20)12-23(3)4/h5-6,9,13-15H,7-8,10-12H2,1-4H3. The summed E-state index contributed by atoms with van der Waals surface area (Å²) >= 11 is 0. The molecule has 0 unspecified atom stereocenters. The van der Waals surface area contributed by atoms with Gasteiger partial charge >= 0.3 is 0 Å². The summed E-state index contributed by atoms with van der Waals surface area (Å²) in [5.74, 6) is 2.51. The van der Waals surface area contributed by atoms with Crippen molar-refractivity contribution in [3.63, 3.8) is 0 Å². The molecule has 128 valence electrons. The van der Waals surface area contributed by atoms with Gasteiger partial charge in [0.25, 0.3) is 0 Å². The van der Waals surface area contributed by atoms with Gasteiger partial charge in [0.05, 0.1) is 5.52 Å². The molecule has 2 aliphatic rings. The molecule has 4 heteroatoms. The lowest BCUT2D eigenvalue weighted by Crippen LogP contribution is -2.68. The summed E-state index contributed by atoms with van der Waals surface area (Å²) in [5.41, 5.74) is 2.80. The van der Waals surface area contributed by atoms with Gasteiger partial charge in [-0.1, -0.05) is 19.9 Å². The lowest BCUT2D eigenvalue weighted by Gasteiger charge is -2.62. The minimum Gasteiger partial charge on any atom is -0.350 e. The minimum atomic E-state index is 0.371. The highest BCUT2D eigenvalue weighted by atomic mass is 15.3. The summed E-state index contributed by atoms with van der Waals surface area (Å²) in [5, 5.41) is 1.22. The summed E-state index contributed by atoms with van der Waals surface area (Å²) < 4.78 is 0. The third kappa shape index (κ3) is 2.48. The van der Waals surface area contributed by atoms with E-state index in [0.717, 1.165) is 23.8 Å². The van der Waals surface area contributed by atoms with Gasteiger partial charge in [0.1, 0.15) is 12.1 Å². The molecular formula is C20H28N4. The third-order valence-corrected chi connectivity index (χ3v) is 5.89. The molecule has 1 aliphatic heterocycles. The number of hydrogen-bond acceptors (Lipinski definition) is 4. The predicted octanol–water partition coefficient (Wildman–Crippen LogP) is 3.67. The number of hydrogen-bond donors (Lipinski definition) is 0. The van der Waals surface area contributed by atoms with Crippen LogP contribution >= 0.6 is 0 Å². The monoisotopic (exact) mass is 324 g/mol. The second-order valence-electron chi connectivity index (χ2n) is 8.29. The smallest absolute Gasteiger partial charge is 0.140 e. The van der Waals surface area contributed by atoms with Crippen molar-refractivity contribution in [1.29, 1.82) is 0 Å². The number of nitrogens with zero attached hydrogens (tertiary/aromatic N) is 4. The maximum absolute atomic E-state index is 4.70. The molecule has 4 rings (SSSR count). The van der Waals surface area contributed by atoms with E-state index in [1.54, 1.807) is 6.33 Å². The Hall–Kier alpha value is -1.68. The Morgan fingerprint density at radius 1 is 1.25 bits per heavy atom. The Morgan fingerprint density at radius 2 is 2.04 bits per heavy atom. The SMILES string of the molecule is CC(C)c1ccc2ncnc(N3CCC34CC(CN(C)C)C4)c2c1. The molecule has 0 amide bonds. The van der Waals surface area contributed by atoms with Gasteiger partial charge in [0, 0.05) is 24.0 Å². The largest absolute Gasteiger partial charge is 0.350 e. The van der Waals surface area contributed by atoms with Gasteiger partial charge < -0.3 is 9.80 Å². The van der Waals surface area contributed by atoms with E-state index in [9.17, 15) is 0 Å². The van der Waals surface area contributed by atoms with E-state index in [4.69, 9.17) is 4.98 Å². The fraction of sp³-hybridized carbons (Fsp3) is 0.600. The Kier molecular flexibility index (Phi) is 3.75. The zero-order chi connectivity index (χ0) is 16.9. The van der Waals surface area contributed by atoms with Crippen LogP contribution in [0.5, 0.6) is 0 Å². The first-order chi connectivity index (χ1) is 11.5. The molecule has 1 saturated carbocycles. The van der Waals surface area contributed by atoms with Crippen molar-refractivity contribution in [2.24, 2.45) is 5.92 Å². The molecular weight excluding hydrogens is 296 g/mol. The number of rotatable bonds is 4. The molecule has 0 N–H and O–H groups in total. The van der Waals surface area contributed by atoms with Crippen molar-refractivity contribution in [3.8, 4) is 0 Å². The van der Waals surface area contributed by atoms with Gasteiger partial charge in [0.2, 0.25) is 0 Å². The second kappa shape index (κ2) is 5.69. The first-order valence-corrected chi connectivity index (χ1v) is 9.15. The molecule has 2 aromatic rings. The second-order valence-corrected chi connectivity index (χ2v) is 8.29. The Bertz CT molecular complexity index is 746. The van der Waals surface area contributed by atoms with Crippen LogP contribution in [0.1, 0.15) is 44.6 Å². The number of aromatic nitrogens is 2. The Morgan fingerprint density at radius 3 is 2.67 bits per heavy atom. The molecule has 1 aliphatic carbocycles. The van der Waals surface area contributed by atoms with Crippen LogP contribution in [-0.4, -0.2) is 47.6 Å². The maximum Gasteiger partial charge on any atom is 0.140 e. The van der Waals surface area contributed by atoms with Gasteiger partial charge in [-0.2, -0.15) is 0 Å². The number of fused-ring (bicyclic) bond motifs is 1. The van der Waals surface area contributed by atoms with Crippen LogP contribution in [0.25, 0.3) is 10.9 Å². The summed E-state index contributed by atoms with van der Waals surface area (Å²) in [4.78, 5) is 14.1. The van der Waals surface area contributed by atoms with Crippen LogP contribution < -0.4 is 4.90 Å². The Labute approximate surface area is 144 Å². The van der Waals surface area contributed by atoms with Gasteiger partial charge in [-0.15, -0.1) is 0 Å². The van der Waals surface area contributed by atoms with E-state index in [-0.39, 0.29) is 0 Å². The van der Waals surface area contributed by atoms with Crippen LogP contribution in [0, 0.1) is 5.92 Å². The predicted molar refractivity (Wildman–Crippen MR) is 99.6 cm³/mol. The zero-order valence-corrected chi connectivity index (χ0v) is 15.3. The van der Waals surface area contributed by atoms with Crippen molar-refractivity contribution < 1.29 is 0 Å². The molecule has 0 atom stereocenters. The van der Waals surface area contributed by atoms with E-state index in [0.29, 0.717) is 11.5 Å². The van der Waals surface area contributed by atoms with E-state index in [2.05, 4.69) is 60.9 Å². The quantitative estimate of drug-likeness (QED) is 0.859. The minimum absolute atomic E-state index is 0.371. The Balaban J connectivity index is 1.64. The zero-order valence-electron chi connectivity index (χ0n) is 15.3. The summed E-state index contributed by atoms with van der Waals surface area (Å²) in [6.45, 7) is 6.82. The normalized spacial score (nSPS) is 26.2. The first-order valence-electron chi connectivity index (χ1n) is 9.15. The van der Waals surface area contributed by atoms with Crippen LogP contribution in [0.2, 0.25) is 0 Å². The van der Waals surface area contributed by atoms with Crippen LogP contribution in [0.15, 0.2) is 24.5 Å². The summed E-state index contributed by atoms with van der Waals surface area (Å²) in [6, 6.07) is 6.65. The highest BCUT2D eigenvalue weighted by Gasteiger charge is 2.54. The fourth-order valence-electron chi connectivity index (χ4n) is 4.59. The van der Waals surface area contributed by atoms with E-state index >= 15 is 0 Å². The molecule has 0 radical (unpaired) electrons. The van der Waals surface area contributed by atoms with Gasteiger partial charge in [0.15, 0.2) is 0 Å². The van der Waals surface area contributed by atoms with Crippen LogP contribution in [0.3, 0.4) is 0 Å². The molecule has 2 heterocycles. The van der Waals surface area contributed by atoms with Crippen molar-refractivity contribution in [3.05, 3.63) is 30.1 Å². The number of benzene rings is 1. The topological polar surface area (TPSA) is 32.3 Å². The molecule has 1 aromatic carbocycles. The highest BCUT2D eigenvalue weighted by molar-refractivity contribution is 5.90. The average molecular weight is 324 g/mol. The van der Waals surface area contributed by atoms with E-state index < -0.39 is 0 Å². The lowest BCUT2D eigenvalue weighted by molar-refractivity contribution is 0.0614. The molecule has 1 spiro atoms. The maximum atomic E-state index is 4.70. The van der Waals surface area contributed by atoms with Crippen molar-refractivity contribution in [1.82, 2.24) is 14.9 Å². The molecule has 24 heavy (non-hydrogen) atoms. The first kappa shape index (κ1) is 15.8. The van der Waals surface area contributed by atoms with Gasteiger partial charge in [-0.3, -0.25) is 0 Å². The van der Waals surface area contributed by atoms with Gasteiger partial charge in [-0.05, 0) is 62.9 Å². The van der Waals surface area contributed by atoms with Crippen molar-refractivity contribution in [2.75, 3.05) is 32.1 Å². The van der Waals surface area contributed by atoms with Crippen molar-refractivity contribution >= 4 is 16.7 Å². The van der Waals surface area contributed by atoms with E-state index in [1.165, 1.54) is 36.8 Å².